The van der Waals surface area contributed by atoms with Crippen LogP contribution in [0.3, 0.4) is 0 Å². The van der Waals surface area contributed by atoms with Crippen molar-refractivity contribution in [1.82, 2.24) is 25.2 Å². The van der Waals surface area contributed by atoms with Gasteiger partial charge in [0.2, 0.25) is 0 Å². The van der Waals surface area contributed by atoms with Crippen molar-refractivity contribution < 1.29 is 14.3 Å². The molecule has 1 atom stereocenters. The number of thiazole rings is 1. The summed E-state index contributed by atoms with van der Waals surface area (Å²) in [4.78, 5) is 40.2. The largest absolute Gasteiger partial charge is 0.368 e. The number of hydrogen-bond acceptors (Lipinski definition) is 7. The summed E-state index contributed by atoms with van der Waals surface area (Å²) in [7, 11) is 1.57. The van der Waals surface area contributed by atoms with Crippen LogP contribution in [0.4, 0.5) is 0 Å². The summed E-state index contributed by atoms with van der Waals surface area (Å²) in [5.74, 6) is -0.229. The van der Waals surface area contributed by atoms with E-state index in [0.29, 0.717) is 30.3 Å². The summed E-state index contributed by atoms with van der Waals surface area (Å²) >= 11 is 1.43. The van der Waals surface area contributed by atoms with Gasteiger partial charge in [0.1, 0.15) is 16.7 Å². The zero-order valence-corrected chi connectivity index (χ0v) is 18.4. The molecular weight excluding hydrogens is 414 g/mol. The average Bonchev–Trinajstić information content (AvgIpc) is 3.16. The second kappa shape index (κ2) is 8.91. The molecule has 0 saturated carbocycles. The van der Waals surface area contributed by atoms with Crippen molar-refractivity contribution in [2.24, 2.45) is 0 Å². The van der Waals surface area contributed by atoms with Crippen molar-refractivity contribution in [2.45, 2.75) is 20.0 Å². The molecule has 0 aliphatic carbocycles. The fourth-order valence-electron chi connectivity index (χ4n) is 3.48. The number of ether oxygens (including phenoxy) is 1. The molecule has 1 aliphatic heterocycles. The Morgan fingerprint density at radius 2 is 1.87 bits per heavy atom. The van der Waals surface area contributed by atoms with Gasteiger partial charge >= 0.3 is 0 Å². The van der Waals surface area contributed by atoms with E-state index in [1.807, 2.05) is 36.9 Å². The molecule has 31 heavy (non-hydrogen) atoms. The Morgan fingerprint density at radius 3 is 2.45 bits per heavy atom. The predicted octanol–water partition coefficient (Wildman–Crippen LogP) is 2.79. The molecule has 0 radical (unpaired) electrons. The molecule has 0 spiro atoms. The topological polar surface area (TPSA) is 97.3 Å². The first-order valence-corrected chi connectivity index (χ1v) is 10.8. The lowest BCUT2D eigenvalue weighted by Gasteiger charge is -2.32. The summed E-state index contributed by atoms with van der Waals surface area (Å²) in [6, 6.07) is 7.37. The van der Waals surface area contributed by atoms with Crippen molar-refractivity contribution in [1.29, 1.82) is 0 Å². The fraction of sp³-hybridized carbons (Fsp3) is 0.318. The molecule has 9 heteroatoms. The lowest BCUT2D eigenvalue weighted by Crippen LogP contribution is -2.42. The molecular formula is C22H23N5O3S. The number of pyridine rings is 2. The standard InChI is InChI=1S/C22H23N5O3S/c1-13-20(31-14(2)26-13)22(29)27-8-9-30-19(12-27)17-6-4-15(10-24-17)16-5-7-18(25-11-16)21(28)23-3/h4-7,10-11,19H,8-9,12H2,1-3H3,(H,23,28)/t19-/m0/s1. The quantitative estimate of drug-likeness (QED) is 0.674. The van der Waals surface area contributed by atoms with Crippen LogP contribution in [0.5, 0.6) is 0 Å². The molecule has 0 unspecified atom stereocenters. The summed E-state index contributed by atoms with van der Waals surface area (Å²) in [5, 5.41) is 3.44. The third-order valence-electron chi connectivity index (χ3n) is 5.12. The third kappa shape index (κ3) is 4.47. The highest BCUT2D eigenvalue weighted by molar-refractivity contribution is 7.13. The number of rotatable bonds is 4. The first-order chi connectivity index (χ1) is 15.0. The minimum absolute atomic E-state index is 0.00435. The van der Waals surface area contributed by atoms with Gasteiger partial charge in [-0.3, -0.25) is 19.6 Å². The molecule has 0 bridgehead atoms. The predicted molar refractivity (Wildman–Crippen MR) is 117 cm³/mol. The number of nitrogens with zero attached hydrogens (tertiary/aromatic N) is 4. The van der Waals surface area contributed by atoms with Crippen LogP contribution < -0.4 is 5.32 Å². The van der Waals surface area contributed by atoms with Crippen molar-refractivity contribution in [3.05, 3.63) is 63.6 Å². The molecule has 8 nitrogen and oxygen atoms in total. The molecule has 3 aromatic heterocycles. The Kier molecular flexibility index (Phi) is 6.06. The first-order valence-electron chi connectivity index (χ1n) is 9.95. The van der Waals surface area contributed by atoms with E-state index in [0.717, 1.165) is 27.5 Å². The molecule has 1 aliphatic rings. The molecule has 3 aromatic rings. The van der Waals surface area contributed by atoms with Gasteiger partial charge in [0.05, 0.1) is 29.5 Å². The normalized spacial score (nSPS) is 16.2. The highest BCUT2D eigenvalue weighted by Gasteiger charge is 2.29. The van der Waals surface area contributed by atoms with Gasteiger partial charge in [-0.1, -0.05) is 12.1 Å². The van der Waals surface area contributed by atoms with E-state index in [9.17, 15) is 9.59 Å². The Hall–Kier alpha value is -3.17. The van der Waals surface area contributed by atoms with Crippen LogP contribution in [0.2, 0.25) is 0 Å². The maximum absolute atomic E-state index is 12.9. The summed E-state index contributed by atoms with van der Waals surface area (Å²) in [6.45, 7) is 5.23. The van der Waals surface area contributed by atoms with Crippen molar-refractivity contribution in [2.75, 3.05) is 26.7 Å². The number of morpholine rings is 1. The molecule has 0 aromatic carbocycles. The number of aromatic nitrogens is 3. The first kappa shape index (κ1) is 21.1. The zero-order valence-electron chi connectivity index (χ0n) is 17.6. The van der Waals surface area contributed by atoms with Crippen LogP contribution in [0, 0.1) is 13.8 Å². The highest BCUT2D eigenvalue weighted by Crippen LogP contribution is 2.26. The summed E-state index contributed by atoms with van der Waals surface area (Å²) in [6.07, 6.45) is 3.13. The van der Waals surface area contributed by atoms with Gasteiger partial charge in [-0.25, -0.2) is 4.98 Å². The molecule has 1 saturated heterocycles. The van der Waals surface area contributed by atoms with Gasteiger partial charge in [-0.2, -0.15) is 0 Å². The third-order valence-corrected chi connectivity index (χ3v) is 6.19. The number of hydrogen-bond donors (Lipinski definition) is 1. The maximum Gasteiger partial charge on any atom is 0.269 e. The van der Waals surface area contributed by atoms with Crippen molar-refractivity contribution >= 4 is 23.2 Å². The average molecular weight is 438 g/mol. The SMILES string of the molecule is CNC(=O)c1ccc(-c2ccc([C@@H]3CN(C(=O)c4sc(C)nc4C)CCO3)nc2)cn1. The van der Waals surface area contributed by atoms with E-state index in [1.165, 1.54) is 11.3 Å². The molecule has 1 N–H and O–H groups in total. The molecule has 4 rings (SSSR count). The second-order valence-electron chi connectivity index (χ2n) is 7.24. The zero-order chi connectivity index (χ0) is 22.0. The van der Waals surface area contributed by atoms with Gasteiger partial charge < -0.3 is 15.0 Å². The second-order valence-corrected chi connectivity index (χ2v) is 8.44. The van der Waals surface area contributed by atoms with Crippen LogP contribution in [0.25, 0.3) is 11.1 Å². The maximum atomic E-state index is 12.9. The van der Waals surface area contributed by atoms with Gasteiger partial charge in [0.25, 0.3) is 11.8 Å². The number of nitrogens with one attached hydrogen (secondary N) is 1. The molecule has 160 valence electrons. The van der Waals surface area contributed by atoms with Gasteiger partial charge in [-0.05, 0) is 26.0 Å². The van der Waals surface area contributed by atoms with Crippen molar-refractivity contribution in [3.63, 3.8) is 0 Å². The van der Waals surface area contributed by atoms with E-state index in [2.05, 4.69) is 20.3 Å². The summed E-state index contributed by atoms with van der Waals surface area (Å²) in [5.41, 5.74) is 3.66. The Balaban J connectivity index is 1.46. The lowest BCUT2D eigenvalue weighted by atomic mass is 10.1. The van der Waals surface area contributed by atoms with Crippen LogP contribution >= 0.6 is 11.3 Å². The van der Waals surface area contributed by atoms with Crippen molar-refractivity contribution in [3.8, 4) is 11.1 Å². The molecule has 2 amide bonds. The number of amides is 2. The minimum atomic E-state index is -0.283. The van der Waals surface area contributed by atoms with E-state index >= 15 is 0 Å². The number of carbonyl (C=O) groups is 2. The smallest absolute Gasteiger partial charge is 0.269 e. The highest BCUT2D eigenvalue weighted by atomic mass is 32.1. The van der Waals surface area contributed by atoms with Crippen LogP contribution in [0.1, 0.15) is 42.7 Å². The van der Waals surface area contributed by atoms with Crippen LogP contribution in [0.15, 0.2) is 36.7 Å². The molecule has 1 fully saturated rings. The van der Waals surface area contributed by atoms with Crippen LogP contribution in [-0.2, 0) is 4.74 Å². The monoisotopic (exact) mass is 437 g/mol. The van der Waals surface area contributed by atoms with Gasteiger partial charge in [-0.15, -0.1) is 11.3 Å². The number of aryl methyl sites for hydroxylation is 2. The van der Waals surface area contributed by atoms with E-state index < -0.39 is 0 Å². The van der Waals surface area contributed by atoms with Crippen LogP contribution in [-0.4, -0.2) is 58.4 Å². The van der Waals surface area contributed by atoms with Gasteiger partial charge in [0.15, 0.2) is 0 Å². The minimum Gasteiger partial charge on any atom is -0.368 e. The number of carbonyl (C=O) groups excluding carboxylic acids is 2. The Labute approximate surface area is 184 Å². The van der Waals surface area contributed by atoms with E-state index in [1.54, 1.807) is 25.5 Å². The fourth-order valence-corrected chi connectivity index (χ4v) is 4.37. The lowest BCUT2D eigenvalue weighted by molar-refractivity contribution is -0.0245. The summed E-state index contributed by atoms with van der Waals surface area (Å²) < 4.78 is 5.89. The van der Waals surface area contributed by atoms with Gasteiger partial charge in [0, 0.05) is 37.1 Å². The van der Waals surface area contributed by atoms with E-state index in [-0.39, 0.29) is 17.9 Å². The molecule has 4 heterocycles. The Morgan fingerprint density at radius 1 is 1.13 bits per heavy atom. The Bertz CT molecular complexity index is 1100. The van der Waals surface area contributed by atoms with E-state index in [4.69, 9.17) is 4.74 Å².